The second-order valence-electron chi connectivity index (χ2n) is 8.71. The number of hydrogen-bond acceptors (Lipinski definition) is 4. The molecule has 1 fully saturated rings. The van der Waals surface area contributed by atoms with Gasteiger partial charge in [0.1, 0.15) is 0 Å². The second kappa shape index (κ2) is 7.58. The van der Waals surface area contributed by atoms with Crippen LogP contribution < -0.4 is 5.32 Å². The molecule has 1 saturated carbocycles. The lowest BCUT2D eigenvalue weighted by Crippen LogP contribution is -2.30. The Hall–Kier alpha value is -2.76. The van der Waals surface area contributed by atoms with E-state index >= 15 is 0 Å². The van der Waals surface area contributed by atoms with E-state index < -0.39 is 0 Å². The first kappa shape index (κ1) is 19.6. The van der Waals surface area contributed by atoms with E-state index in [0.29, 0.717) is 23.1 Å². The number of halogens is 1. The van der Waals surface area contributed by atoms with E-state index in [1.54, 1.807) is 16.8 Å². The maximum Gasteiger partial charge on any atom is 0.223 e. The molecule has 152 valence electrons. The van der Waals surface area contributed by atoms with Gasteiger partial charge >= 0.3 is 0 Å². The minimum atomic E-state index is -0.344. The maximum absolute atomic E-state index is 14.4. The van der Waals surface area contributed by atoms with Crippen LogP contribution in [-0.2, 0) is 0 Å². The Kier molecular flexibility index (Phi) is 5.11. The van der Waals surface area contributed by atoms with E-state index in [-0.39, 0.29) is 5.82 Å². The SMILES string of the molecule is C/C=C(/c1cc(F)c2nccn2c1)c1cnc(NC2CCC(C)(C)CC2)nc1C. The fraction of sp³-hybridized carbons (Fsp3) is 0.435. The number of allylic oxidation sites excluding steroid dienone is 1. The lowest BCUT2D eigenvalue weighted by atomic mass is 9.76. The van der Waals surface area contributed by atoms with Crippen LogP contribution in [0.5, 0.6) is 0 Å². The smallest absolute Gasteiger partial charge is 0.223 e. The van der Waals surface area contributed by atoms with Crippen molar-refractivity contribution in [2.75, 3.05) is 5.32 Å². The summed E-state index contributed by atoms with van der Waals surface area (Å²) >= 11 is 0. The van der Waals surface area contributed by atoms with E-state index in [1.165, 1.54) is 18.9 Å². The molecule has 0 saturated heterocycles. The van der Waals surface area contributed by atoms with Crippen molar-refractivity contribution in [1.29, 1.82) is 0 Å². The van der Waals surface area contributed by atoms with E-state index in [9.17, 15) is 4.39 Å². The fourth-order valence-electron chi connectivity index (χ4n) is 4.14. The zero-order valence-corrected chi connectivity index (χ0v) is 17.5. The number of hydrogen-bond donors (Lipinski definition) is 1. The number of nitrogens with one attached hydrogen (secondary N) is 1. The molecule has 4 rings (SSSR count). The molecule has 0 atom stereocenters. The third-order valence-electron chi connectivity index (χ3n) is 5.98. The van der Waals surface area contributed by atoms with Gasteiger partial charge in [-0.25, -0.2) is 19.3 Å². The van der Waals surface area contributed by atoms with Crippen LogP contribution in [0, 0.1) is 18.2 Å². The highest BCUT2D eigenvalue weighted by Crippen LogP contribution is 2.36. The predicted molar refractivity (Wildman–Crippen MR) is 114 cm³/mol. The highest BCUT2D eigenvalue weighted by molar-refractivity contribution is 5.80. The summed E-state index contributed by atoms with van der Waals surface area (Å²) in [6.45, 7) is 8.59. The van der Waals surface area contributed by atoms with Gasteiger partial charge in [0.15, 0.2) is 11.5 Å². The molecule has 0 unspecified atom stereocenters. The summed E-state index contributed by atoms with van der Waals surface area (Å²) in [6, 6.07) is 1.94. The largest absolute Gasteiger partial charge is 0.351 e. The summed E-state index contributed by atoms with van der Waals surface area (Å²) in [7, 11) is 0. The Bertz CT molecular complexity index is 1060. The predicted octanol–water partition coefficient (Wildman–Crippen LogP) is 5.40. The Balaban J connectivity index is 1.57. The maximum atomic E-state index is 14.4. The molecule has 3 aromatic rings. The van der Waals surface area contributed by atoms with Crippen LogP contribution >= 0.6 is 0 Å². The molecule has 0 aromatic carbocycles. The molecule has 3 aromatic heterocycles. The minimum Gasteiger partial charge on any atom is -0.351 e. The summed E-state index contributed by atoms with van der Waals surface area (Å²) in [5.41, 5.74) is 4.22. The first-order chi connectivity index (χ1) is 13.9. The van der Waals surface area contributed by atoms with Crippen molar-refractivity contribution in [2.45, 2.75) is 59.4 Å². The molecule has 1 aliphatic carbocycles. The number of aryl methyl sites for hydroxylation is 1. The summed E-state index contributed by atoms with van der Waals surface area (Å²) in [5, 5.41) is 3.50. The highest BCUT2D eigenvalue weighted by Gasteiger charge is 2.27. The molecular formula is C23H28FN5. The number of imidazole rings is 1. The van der Waals surface area contributed by atoms with E-state index in [2.05, 4.69) is 29.1 Å². The first-order valence-electron chi connectivity index (χ1n) is 10.3. The average molecular weight is 394 g/mol. The second-order valence-corrected chi connectivity index (χ2v) is 8.71. The van der Waals surface area contributed by atoms with Crippen LogP contribution in [0.1, 0.15) is 63.3 Å². The van der Waals surface area contributed by atoms with Crippen molar-refractivity contribution in [2.24, 2.45) is 5.41 Å². The van der Waals surface area contributed by atoms with Gasteiger partial charge in [0.2, 0.25) is 5.95 Å². The molecule has 0 radical (unpaired) electrons. The number of pyridine rings is 1. The third kappa shape index (κ3) is 4.02. The Labute approximate surface area is 171 Å². The van der Waals surface area contributed by atoms with Crippen LogP contribution in [0.25, 0.3) is 11.2 Å². The first-order valence-corrected chi connectivity index (χ1v) is 10.3. The molecule has 0 bridgehead atoms. The highest BCUT2D eigenvalue weighted by atomic mass is 19.1. The van der Waals surface area contributed by atoms with Gasteiger partial charge in [-0.2, -0.15) is 0 Å². The van der Waals surface area contributed by atoms with E-state index in [1.807, 2.05) is 32.3 Å². The van der Waals surface area contributed by atoms with Crippen molar-refractivity contribution in [3.8, 4) is 0 Å². The molecule has 0 amide bonds. The van der Waals surface area contributed by atoms with Crippen molar-refractivity contribution < 1.29 is 4.39 Å². The van der Waals surface area contributed by atoms with Crippen molar-refractivity contribution in [3.05, 3.63) is 59.6 Å². The quantitative estimate of drug-likeness (QED) is 0.644. The number of fused-ring (bicyclic) bond motifs is 1. The Morgan fingerprint density at radius 3 is 2.72 bits per heavy atom. The minimum absolute atomic E-state index is 0.326. The van der Waals surface area contributed by atoms with Gasteiger partial charge in [0.25, 0.3) is 0 Å². The standard InChI is InChI=1S/C23H28FN5/c1-5-18(16-12-20(24)21-25-10-11-29(21)14-16)19-13-26-22(27-15(19)2)28-17-6-8-23(3,4)9-7-17/h5,10-14,17H,6-9H2,1-4H3,(H,26,27,28)/b18-5-. The molecule has 0 spiro atoms. The molecule has 1 aliphatic rings. The number of aromatic nitrogens is 4. The van der Waals surface area contributed by atoms with Crippen LogP contribution in [0.4, 0.5) is 10.3 Å². The van der Waals surface area contributed by atoms with E-state index in [0.717, 1.165) is 35.2 Å². The molecular weight excluding hydrogens is 365 g/mol. The van der Waals surface area contributed by atoms with Gasteiger partial charge in [-0.3, -0.25) is 0 Å². The lowest BCUT2D eigenvalue weighted by molar-refractivity contribution is 0.232. The van der Waals surface area contributed by atoms with Crippen LogP contribution in [0.3, 0.4) is 0 Å². The topological polar surface area (TPSA) is 55.1 Å². The van der Waals surface area contributed by atoms with Gasteiger partial charge in [0, 0.05) is 42.0 Å². The summed E-state index contributed by atoms with van der Waals surface area (Å²) < 4.78 is 16.1. The third-order valence-corrected chi connectivity index (χ3v) is 5.98. The molecule has 29 heavy (non-hydrogen) atoms. The Morgan fingerprint density at radius 2 is 2.03 bits per heavy atom. The number of rotatable bonds is 4. The van der Waals surface area contributed by atoms with Crippen LogP contribution in [-0.4, -0.2) is 25.4 Å². The summed E-state index contributed by atoms with van der Waals surface area (Å²) in [5.74, 6) is 0.326. The number of nitrogens with zero attached hydrogens (tertiary/aromatic N) is 4. The van der Waals surface area contributed by atoms with Crippen LogP contribution in [0.15, 0.2) is 36.9 Å². The van der Waals surface area contributed by atoms with Gasteiger partial charge in [-0.05, 0) is 56.6 Å². The lowest BCUT2D eigenvalue weighted by Gasteiger charge is -2.34. The van der Waals surface area contributed by atoms with Gasteiger partial charge < -0.3 is 9.72 Å². The summed E-state index contributed by atoms with van der Waals surface area (Å²) in [4.78, 5) is 13.3. The van der Waals surface area contributed by atoms with E-state index in [4.69, 9.17) is 4.98 Å². The fourth-order valence-corrected chi connectivity index (χ4v) is 4.14. The molecule has 6 heteroatoms. The molecule has 0 aliphatic heterocycles. The summed E-state index contributed by atoms with van der Waals surface area (Å²) in [6.07, 6.45) is 13.7. The zero-order valence-electron chi connectivity index (χ0n) is 17.5. The molecule has 5 nitrogen and oxygen atoms in total. The Morgan fingerprint density at radius 1 is 1.28 bits per heavy atom. The zero-order chi connectivity index (χ0) is 20.6. The monoisotopic (exact) mass is 393 g/mol. The molecule has 1 N–H and O–H groups in total. The van der Waals surface area contributed by atoms with Crippen molar-refractivity contribution in [3.63, 3.8) is 0 Å². The van der Waals surface area contributed by atoms with Crippen molar-refractivity contribution in [1.82, 2.24) is 19.4 Å². The van der Waals surface area contributed by atoms with Gasteiger partial charge in [-0.15, -0.1) is 0 Å². The normalized spacial score (nSPS) is 17.6. The molecule has 3 heterocycles. The van der Waals surface area contributed by atoms with Gasteiger partial charge in [-0.1, -0.05) is 19.9 Å². The average Bonchev–Trinajstić information content (AvgIpc) is 3.15. The number of anilines is 1. The van der Waals surface area contributed by atoms with Gasteiger partial charge in [0.05, 0.1) is 5.69 Å². The van der Waals surface area contributed by atoms with Crippen molar-refractivity contribution >= 4 is 17.2 Å². The van der Waals surface area contributed by atoms with Crippen LogP contribution in [0.2, 0.25) is 0 Å².